The van der Waals surface area contributed by atoms with Gasteiger partial charge in [-0.25, -0.2) is 0 Å². The predicted molar refractivity (Wildman–Crippen MR) is 144 cm³/mol. The summed E-state index contributed by atoms with van der Waals surface area (Å²) in [6.07, 6.45) is 12.0. The second-order valence-electron chi connectivity index (χ2n) is 10.1. The first-order valence-corrected chi connectivity index (χ1v) is 11.6. The Hall–Kier alpha value is -1.30. The van der Waals surface area contributed by atoms with E-state index in [2.05, 4.69) is 87.1 Å². The van der Waals surface area contributed by atoms with Gasteiger partial charge in [0.1, 0.15) is 0 Å². The van der Waals surface area contributed by atoms with E-state index in [9.17, 15) is 0 Å². The molecule has 0 spiro atoms. The fourth-order valence-corrected chi connectivity index (χ4v) is 2.69. The Labute approximate surface area is 242 Å². The zero-order chi connectivity index (χ0) is 25.1. The molecule has 0 saturated heterocycles. The van der Waals surface area contributed by atoms with Crippen molar-refractivity contribution in [1.29, 1.82) is 0 Å². The second kappa shape index (κ2) is 17.2. The summed E-state index contributed by atoms with van der Waals surface area (Å²) < 4.78 is 0. The van der Waals surface area contributed by atoms with E-state index in [0.717, 1.165) is 22.3 Å². The van der Waals surface area contributed by atoms with E-state index in [1.807, 2.05) is 71.0 Å². The smallest absolute Gasteiger partial charge is 0.388 e. The van der Waals surface area contributed by atoms with Crippen LogP contribution in [0.3, 0.4) is 0 Å². The van der Waals surface area contributed by atoms with Crippen LogP contribution in [-0.4, -0.2) is 15.0 Å². The van der Waals surface area contributed by atoms with Crippen LogP contribution in [0.5, 0.6) is 0 Å². The molecule has 4 rings (SSSR count). The van der Waals surface area contributed by atoms with Crippen molar-refractivity contribution in [3.8, 4) is 0 Å². The number of hydrogen-bond acceptors (Lipinski definition) is 2. The van der Waals surface area contributed by atoms with E-state index in [1.54, 1.807) is 0 Å². The fourth-order valence-electron chi connectivity index (χ4n) is 2.69. The second-order valence-corrected chi connectivity index (χ2v) is 10.1. The molecule has 4 aromatic rings. The van der Waals surface area contributed by atoms with Crippen LogP contribution in [0.4, 0.5) is 0 Å². The van der Waals surface area contributed by atoms with Crippen molar-refractivity contribution in [2.75, 3.05) is 0 Å². The quantitative estimate of drug-likeness (QED) is 0.181. The number of hydrogen-bond donors (Lipinski definition) is 1. The van der Waals surface area contributed by atoms with E-state index >= 15 is 0 Å². The minimum absolute atomic E-state index is 0. The molecule has 0 aliphatic carbocycles. The molecule has 35 heavy (non-hydrogen) atoms. The van der Waals surface area contributed by atoms with Gasteiger partial charge < -0.3 is 27.8 Å². The van der Waals surface area contributed by atoms with Crippen LogP contribution in [0.1, 0.15) is 80.6 Å². The normalized spacial score (nSPS) is 10.3. The first-order chi connectivity index (χ1) is 15.5. The Morgan fingerprint density at radius 2 is 1.14 bits per heavy atom. The topological polar surface area (TPSA) is 41.6 Å². The summed E-state index contributed by atoms with van der Waals surface area (Å²) >= 11 is 0. The van der Waals surface area contributed by atoms with Crippen molar-refractivity contribution in [2.24, 2.45) is 0 Å². The molecular weight excluding hydrogens is 770 g/mol. The number of nitrogens with zero attached hydrogens (tertiary/aromatic N) is 2. The van der Waals surface area contributed by atoms with Gasteiger partial charge in [0.25, 0.3) is 0 Å². The molecule has 0 saturated carbocycles. The third kappa shape index (κ3) is 12.5. The molecule has 0 fully saturated rings. The number of fused-ring (bicyclic) bond motifs is 2. The van der Waals surface area contributed by atoms with Crippen molar-refractivity contribution < 1.29 is 42.1 Å². The molecule has 0 atom stereocenters. The molecule has 0 aliphatic rings. The van der Waals surface area contributed by atoms with E-state index in [0.29, 0.717) is 0 Å². The van der Waals surface area contributed by atoms with Gasteiger partial charge in [-0.05, 0) is 28.9 Å². The first kappa shape index (κ1) is 35.9. The van der Waals surface area contributed by atoms with Crippen molar-refractivity contribution in [3.63, 3.8) is 0 Å². The van der Waals surface area contributed by atoms with E-state index in [1.165, 1.54) is 10.8 Å². The third-order valence-corrected chi connectivity index (χ3v) is 4.45. The van der Waals surface area contributed by atoms with Gasteiger partial charge in [-0.3, -0.25) is 0 Å². The summed E-state index contributed by atoms with van der Waals surface area (Å²) in [5.74, 6) is 0. The van der Waals surface area contributed by atoms with Crippen molar-refractivity contribution in [2.45, 2.75) is 80.1 Å². The number of benzene rings is 1. The summed E-state index contributed by atoms with van der Waals surface area (Å²) in [7, 11) is 0. The maximum atomic E-state index is 4.35. The number of nitrogens with one attached hydrogen (secondary N) is 1. The zero-order valence-corrected chi connectivity index (χ0v) is 28.9. The molecule has 3 aromatic heterocycles. The van der Waals surface area contributed by atoms with Gasteiger partial charge >= 0.3 is 42.1 Å². The van der Waals surface area contributed by atoms with Crippen LogP contribution < -0.4 is 0 Å². The van der Waals surface area contributed by atoms with E-state index in [-0.39, 0.29) is 53.0 Å². The van der Waals surface area contributed by atoms with Gasteiger partial charge in [-0.2, -0.15) is 27.7 Å². The first-order valence-electron chi connectivity index (χ1n) is 11.6. The van der Waals surface area contributed by atoms with Crippen LogP contribution >= 0.6 is 0 Å². The van der Waals surface area contributed by atoms with Crippen LogP contribution in [0.15, 0.2) is 48.7 Å². The molecule has 5 heteroatoms. The van der Waals surface area contributed by atoms with Gasteiger partial charge in [0.2, 0.25) is 0 Å². The number of H-pyrrole nitrogens is 1. The molecule has 1 aromatic carbocycles. The molecule has 1 N–H and O–H groups in total. The van der Waals surface area contributed by atoms with Crippen LogP contribution in [-0.2, 0) is 53.0 Å². The fraction of sp³-hybridized carbons (Fsp3) is 0.400. The molecule has 0 radical (unpaired) electrons. The Bertz CT molecular complexity index is 1090. The SMILES string of the molecule is CC(C)(C)c1cc2cc[nH]c2[c-]n1.CC(C)(C)c1cc2ccccc2[c-]n1.C[CH-]C.C[CH-]C.[W+2].[W+2]. The van der Waals surface area contributed by atoms with Gasteiger partial charge in [-0.15, -0.1) is 40.4 Å². The summed E-state index contributed by atoms with van der Waals surface area (Å²) in [6, 6.07) is 14.5. The van der Waals surface area contributed by atoms with Gasteiger partial charge in [0, 0.05) is 0 Å². The molecule has 0 unspecified atom stereocenters. The molecule has 0 amide bonds. The number of pyridine rings is 2. The largest absolute Gasteiger partial charge is 2.00 e. The Morgan fingerprint density at radius 1 is 0.686 bits per heavy atom. The molecule has 0 aliphatic heterocycles. The minimum Gasteiger partial charge on any atom is -0.388 e. The van der Waals surface area contributed by atoms with Crippen molar-refractivity contribution in [3.05, 3.63) is 85.3 Å². The van der Waals surface area contributed by atoms with Crippen molar-refractivity contribution in [1.82, 2.24) is 15.0 Å². The molecule has 0 bridgehead atoms. The summed E-state index contributed by atoms with van der Waals surface area (Å²) in [5, 5.41) is 3.48. The van der Waals surface area contributed by atoms with Gasteiger partial charge in [-0.1, -0.05) is 77.1 Å². The van der Waals surface area contributed by atoms with Gasteiger partial charge in [0.05, 0.1) is 0 Å². The van der Waals surface area contributed by atoms with Gasteiger partial charge in [0.15, 0.2) is 0 Å². The van der Waals surface area contributed by atoms with Crippen molar-refractivity contribution >= 4 is 21.7 Å². The third-order valence-electron chi connectivity index (χ3n) is 4.45. The maximum absolute atomic E-state index is 4.35. The van der Waals surface area contributed by atoms with E-state index < -0.39 is 0 Å². The molecular formula is C30H41N3W2. The summed E-state index contributed by atoms with van der Waals surface area (Å²) in [6.45, 7) is 21.0. The Kier molecular flexibility index (Phi) is 17.6. The molecule has 3 nitrogen and oxygen atoms in total. The number of rotatable bonds is 0. The minimum atomic E-state index is 0. The summed E-state index contributed by atoms with van der Waals surface area (Å²) in [5.41, 5.74) is 3.35. The van der Waals surface area contributed by atoms with Crippen LogP contribution in [0.2, 0.25) is 0 Å². The number of aromatic nitrogens is 3. The standard InChI is InChI=1S/C13H14N.C11H13N2.2C3H7.2W/c1-13(2,3)12-8-10-6-4-5-7-11(10)9-14-12;1-11(2,3)10-6-8-4-5-12-9(8)7-13-10;2*1-3-2;;/h4-8H,1-3H3;4-6,12H,1-3H3;2*3H,1-2H3;;/q4*-1;2*+2. The maximum Gasteiger partial charge on any atom is 2.00 e. The predicted octanol–water partition coefficient (Wildman–Crippen LogP) is 8.45. The summed E-state index contributed by atoms with van der Waals surface area (Å²) in [4.78, 5) is 11.7. The average molecular weight is 811 g/mol. The Balaban J connectivity index is 0. The number of aromatic amines is 1. The van der Waals surface area contributed by atoms with Crippen LogP contribution in [0, 0.1) is 25.2 Å². The average Bonchev–Trinajstić information content (AvgIpc) is 3.22. The molecule has 188 valence electrons. The zero-order valence-electron chi connectivity index (χ0n) is 23.0. The van der Waals surface area contributed by atoms with E-state index in [4.69, 9.17) is 0 Å². The Morgan fingerprint density at radius 3 is 1.66 bits per heavy atom. The molecule has 3 heterocycles. The monoisotopic (exact) mass is 811 g/mol. The van der Waals surface area contributed by atoms with Crippen LogP contribution in [0.25, 0.3) is 21.7 Å².